The summed E-state index contributed by atoms with van der Waals surface area (Å²) >= 11 is 1.91. The summed E-state index contributed by atoms with van der Waals surface area (Å²) in [5.41, 5.74) is 5.26. The highest BCUT2D eigenvalue weighted by Crippen LogP contribution is 2.41. The number of nitrogens with zero attached hydrogens (tertiary/aromatic N) is 1. The second-order valence-electron chi connectivity index (χ2n) is 8.87. The van der Waals surface area contributed by atoms with Gasteiger partial charge in [0.25, 0.3) is 0 Å². The quantitative estimate of drug-likeness (QED) is 0.374. The molecule has 2 heterocycles. The lowest BCUT2D eigenvalue weighted by Gasteiger charge is -2.22. The molecule has 2 aliphatic rings. The van der Waals surface area contributed by atoms with Crippen LogP contribution in [0.4, 0.5) is 5.69 Å². The van der Waals surface area contributed by atoms with Crippen LogP contribution in [0.1, 0.15) is 60.7 Å². The normalized spacial score (nSPS) is 16.2. The van der Waals surface area contributed by atoms with Crippen LogP contribution >= 0.6 is 11.8 Å². The first-order valence-electron chi connectivity index (χ1n) is 11.6. The number of methoxy groups -OCH3 is 1. The monoisotopic (exact) mass is 476 g/mol. The Morgan fingerprint density at radius 3 is 2.79 bits per heavy atom. The van der Waals surface area contributed by atoms with Gasteiger partial charge in [0.1, 0.15) is 19.0 Å². The van der Waals surface area contributed by atoms with Gasteiger partial charge >= 0.3 is 11.9 Å². The summed E-state index contributed by atoms with van der Waals surface area (Å²) in [6.45, 7) is 10.7. The van der Waals surface area contributed by atoms with Crippen LogP contribution in [-0.4, -0.2) is 61.3 Å². The van der Waals surface area contributed by atoms with E-state index in [1.54, 1.807) is 7.11 Å². The Kier molecular flexibility index (Phi) is 9.09. The van der Waals surface area contributed by atoms with E-state index in [1.807, 2.05) is 39.5 Å². The topological polar surface area (TPSA) is 77.1 Å². The Hall–Kier alpha value is -2.19. The fourth-order valence-corrected chi connectivity index (χ4v) is 5.20. The lowest BCUT2D eigenvalue weighted by atomic mass is 9.93. The molecular weight excluding hydrogens is 440 g/mol. The molecule has 0 unspecified atom stereocenters. The number of hydrogen-bond acceptors (Lipinski definition) is 8. The fraction of sp³-hybridized carbons (Fsp3) is 0.600. The van der Waals surface area contributed by atoms with Crippen molar-refractivity contribution in [3.63, 3.8) is 0 Å². The predicted molar refractivity (Wildman–Crippen MR) is 132 cm³/mol. The molecule has 0 bridgehead atoms. The first kappa shape index (κ1) is 25.4. The van der Waals surface area contributed by atoms with Gasteiger partial charge < -0.3 is 19.5 Å². The van der Waals surface area contributed by atoms with E-state index in [0.717, 1.165) is 58.4 Å². The number of cyclic esters (lactones) is 1. The molecule has 1 aromatic rings. The number of nitrogens with one attached hydrogen (secondary N) is 1. The van der Waals surface area contributed by atoms with Crippen molar-refractivity contribution in [2.24, 2.45) is 0 Å². The Balaban J connectivity index is 1.66. The molecule has 3 rings (SSSR count). The Morgan fingerprint density at radius 2 is 2.12 bits per heavy atom. The van der Waals surface area contributed by atoms with E-state index in [-0.39, 0.29) is 24.6 Å². The minimum atomic E-state index is -0.295. The van der Waals surface area contributed by atoms with Gasteiger partial charge in [-0.25, -0.2) is 4.79 Å². The Bertz CT molecular complexity index is 907. The van der Waals surface area contributed by atoms with Crippen molar-refractivity contribution < 1.29 is 23.8 Å². The lowest BCUT2D eigenvalue weighted by Crippen LogP contribution is -2.25. The van der Waals surface area contributed by atoms with Crippen molar-refractivity contribution in [3.8, 4) is 5.75 Å². The minimum absolute atomic E-state index is 0.146. The summed E-state index contributed by atoms with van der Waals surface area (Å²) in [4.78, 5) is 26.9. The highest BCUT2D eigenvalue weighted by molar-refractivity contribution is 7.99. The summed E-state index contributed by atoms with van der Waals surface area (Å²) in [7, 11) is 1.66. The van der Waals surface area contributed by atoms with Crippen LogP contribution < -0.4 is 10.1 Å². The van der Waals surface area contributed by atoms with Gasteiger partial charge in [0.05, 0.1) is 18.4 Å². The standard InChI is InChI=1S/C25H36N2O5S/c1-16(2)26-23-19(24(30-5)18(4)20-14-32-25(29)22(20)23)8-6-17(3)7-9-21(28)31-12-10-27-11-13-33-15-27/h6,16,26H,7-15H2,1-5H3/b17-6+. The number of carbonyl (C=O) groups excluding carboxylic acids is 2. The fourth-order valence-electron chi connectivity index (χ4n) is 4.17. The Morgan fingerprint density at radius 1 is 1.33 bits per heavy atom. The molecule has 182 valence electrons. The smallest absolute Gasteiger partial charge is 0.341 e. The molecule has 0 aliphatic carbocycles. The first-order valence-corrected chi connectivity index (χ1v) is 12.7. The molecule has 0 spiro atoms. The molecule has 1 saturated heterocycles. The molecule has 0 amide bonds. The van der Waals surface area contributed by atoms with Crippen LogP contribution in [0.15, 0.2) is 11.6 Å². The summed E-state index contributed by atoms with van der Waals surface area (Å²) in [6.07, 6.45) is 3.69. The van der Waals surface area contributed by atoms with Gasteiger partial charge in [0, 0.05) is 48.3 Å². The minimum Gasteiger partial charge on any atom is -0.496 e. The van der Waals surface area contributed by atoms with E-state index in [2.05, 4.69) is 16.3 Å². The number of ether oxygens (including phenoxy) is 3. The van der Waals surface area contributed by atoms with Gasteiger partial charge in [-0.1, -0.05) is 11.6 Å². The number of thioether (sulfide) groups is 1. The second-order valence-corrected chi connectivity index (χ2v) is 9.95. The highest BCUT2D eigenvalue weighted by atomic mass is 32.2. The SMILES string of the molecule is COc1c(C)c2c(c(NC(C)C)c1C/C=C(\C)CCC(=O)OCCN1CCSC1)C(=O)OC2. The molecule has 2 aliphatic heterocycles. The molecule has 0 saturated carbocycles. The summed E-state index contributed by atoms with van der Waals surface area (Å²) in [5, 5.41) is 3.44. The van der Waals surface area contributed by atoms with Gasteiger partial charge in [-0.3, -0.25) is 9.69 Å². The van der Waals surface area contributed by atoms with E-state index in [0.29, 0.717) is 31.4 Å². The van der Waals surface area contributed by atoms with Crippen molar-refractivity contribution in [2.45, 2.75) is 59.6 Å². The average molecular weight is 477 g/mol. The van der Waals surface area contributed by atoms with Crippen LogP contribution in [0.3, 0.4) is 0 Å². The molecule has 33 heavy (non-hydrogen) atoms. The zero-order valence-electron chi connectivity index (χ0n) is 20.4. The molecule has 1 N–H and O–H groups in total. The first-order chi connectivity index (χ1) is 15.8. The maximum atomic E-state index is 12.5. The van der Waals surface area contributed by atoms with Gasteiger partial charge in [-0.05, 0) is 46.1 Å². The van der Waals surface area contributed by atoms with Crippen molar-refractivity contribution in [3.05, 3.63) is 33.9 Å². The maximum Gasteiger partial charge on any atom is 0.341 e. The van der Waals surface area contributed by atoms with Gasteiger partial charge in [0.2, 0.25) is 0 Å². The number of anilines is 1. The third kappa shape index (κ3) is 6.44. The van der Waals surface area contributed by atoms with E-state index in [1.165, 1.54) is 0 Å². The van der Waals surface area contributed by atoms with Crippen LogP contribution in [-0.2, 0) is 27.3 Å². The molecule has 0 radical (unpaired) electrons. The average Bonchev–Trinajstić information content (AvgIpc) is 3.42. The van der Waals surface area contributed by atoms with Crippen molar-refractivity contribution in [2.75, 3.05) is 43.8 Å². The van der Waals surface area contributed by atoms with Gasteiger partial charge in [-0.2, -0.15) is 0 Å². The highest BCUT2D eigenvalue weighted by Gasteiger charge is 2.32. The van der Waals surface area contributed by atoms with Crippen molar-refractivity contribution in [1.29, 1.82) is 0 Å². The summed E-state index contributed by atoms with van der Waals surface area (Å²) in [6, 6.07) is 0.146. The lowest BCUT2D eigenvalue weighted by molar-refractivity contribution is -0.143. The number of fused-ring (bicyclic) bond motifs is 1. The molecular formula is C25H36N2O5S. The number of benzene rings is 1. The van der Waals surface area contributed by atoms with E-state index < -0.39 is 0 Å². The van der Waals surface area contributed by atoms with Gasteiger partial charge in [-0.15, -0.1) is 11.8 Å². The van der Waals surface area contributed by atoms with E-state index in [9.17, 15) is 9.59 Å². The van der Waals surface area contributed by atoms with Crippen LogP contribution in [0.25, 0.3) is 0 Å². The van der Waals surface area contributed by atoms with Crippen LogP contribution in [0.2, 0.25) is 0 Å². The van der Waals surface area contributed by atoms with Crippen molar-refractivity contribution in [1.82, 2.24) is 4.90 Å². The van der Waals surface area contributed by atoms with Gasteiger partial charge in [0.15, 0.2) is 0 Å². The summed E-state index contributed by atoms with van der Waals surface area (Å²) in [5.74, 6) is 2.50. The molecule has 0 atom stereocenters. The van der Waals surface area contributed by atoms with Crippen LogP contribution in [0, 0.1) is 6.92 Å². The number of hydrogen-bond donors (Lipinski definition) is 1. The predicted octanol–water partition coefficient (Wildman–Crippen LogP) is 4.31. The third-order valence-corrected chi connectivity index (χ3v) is 7.00. The number of carbonyl (C=O) groups is 2. The zero-order chi connectivity index (χ0) is 24.0. The Labute approximate surface area is 201 Å². The second kappa shape index (κ2) is 11.8. The van der Waals surface area contributed by atoms with E-state index in [4.69, 9.17) is 14.2 Å². The van der Waals surface area contributed by atoms with E-state index >= 15 is 0 Å². The zero-order valence-corrected chi connectivity index (χ0v) is 21.2. The molecule has 7 nitrogen and oxygen atoms in total. The number of rotatable bonds is 11. The third-order valence-electron chi connectivity index (χ3n) is 5.98. The summed E-state index contributed by atoms with van der Waals surface area (Å²) < 4.78 is 16.5. The largest absolute Gasteiger partial charge is 0.496 e. The number of esters is 2. The van der Waals surface area contributed by atoms with Crippen LogP contribution in [0.5, 0.6) is 5.75 Å². The number of allylic oxidation sites excluding steroid dienone is 2. The van der Waals surface area contributed by atoms with Crippen molar-refractivity contribution >= 4 is 29.4 Å². The molecule has 8 heteroatoms. The molecule has 1 fully saturated rings. The maximum absolute atomic E-state index is 12.5. The molecule has 0 aromatic heterocycles. The molecule has 1 aromatic carbocycles.